The van der Waals surface area contributed by atoms with E-state index in [4.69, 9.17) is 0 Å². The summed E-state index contributed by atoms with van der Waals surface area (Å²) in [6.07, 6.45) is -0.0217. The van der Waals surface area contributed by atoms with E-state index in [9.17, 15) is 17.6 Å². The molecule has 1 aromatic carbocycles. The first-order valence-electron chi connectivity index (χ1n) is 6.10. The standard InChI is InChI=1S/C13H16FNO3S/c1-10-2-3-11(12(14)8-10)9-13(16)15-4-6-19(17,18)7-5-15/h2-3,8H,4-7,9H2,1H3. The normalized spacial score (nSPS) is 18.3. The molecule has 0 bridgehead atoms. The summed E-state index contributed by atoms with van der Waals surface area (Å²) in [5.74, 6) is -0.625. The number of carbonyl (C=O) groups excluding carboxylic acids is 1. The molecule has 1 aromatic rings. The van der Waals surface area contributed by atoms with Crippen LogP contribution in [-0.2, 0) is 21.1 Å². The van der Waals surface area contributed by atoms with Crippen molar-refractivity contribution in [1.29, 1.82) is 0 Å². The number of hydrogen-bond donors (Lipinski definition) is 0. The molecule has 1 fully saturated rings. The van der Waals surface area contributed by atoms with Crippen LogP contribution >= 0.6 is 0 Å². The van der Waals surface area contributed by atoms with Gasteiger partial charge in [0, 0.05) is 13.1 Å². The lowest BCUT2D eigenvalue weighted by Gasteiger charge is -2.26. The number of aryl methyl sites for hydroxylation is 1. The highest BCUT2D eigenvalue weighted by Crippen LogP contribution is 2.13. The SMILES string of the molecule is Cc1ccc(CC(=O)N2CCS(=O)(=O)CC2)c(F)c1. The van der Waals surface area contributed by atoms with Crippen LogP contribution in [0.15, 0.2) is 18.2 Å². The topological polar surface area (TPSA) is 54.5 Å². The maximum atomic E-state index is 13.6. The van der Waals surface area contributed by atoms with Crippen LogP contribution < -0.4 is 0 Å². The summed E-state index contributed by atoms with van der Waals surface area (Å²) in [5, 5.41) is 0. The molecule has 0 spiro atoms. The van der Waals surface area contributed by atoms with Gasteiger partial charge in [-0.1, -0.05) is 12.1 Å². The van der Waals surface area contributed by atoms with Gasteiger partial charge in [-0.05, 0) is 24.1 Å². The van der Waals surface area contributed by atoms with Crippen LogP contribution in [0.5, 0.6) is 0 Å². The number of benzene rings is 1. The van der Waals surface area contributed by atoms with Crippen LogP contribution in [0.25, 0.3) is 0 Å². The number of hydrogen-bond acceptors (Lipinski definition) is 3. The van der Waals surface area contributed by atoms with Gasteiger partial charge in [0.2, 0.25) is 5.91 Å². The Morgan fingerprint density at radius 2 is 1.95 bits per heavy atom. The van der Waals surface area contributed by atoms with Crippen molar-refractivity contribution >= 4 is 15.7 Å². The van der Waals surface area contributed by atoms with Gasteiger partial charge in [0.25, 0.3) is 0 Å². The Bertz CT molecular complexity index is 584. The number of carbonyl (C=O) groups is 1. The maximum absolute atomic E-state index is 13.6. The molecule has 0 saturated carbocycles. The molecular weight excluding hydrogens is 269 g/mol. The van der Waals surface area contributed by atoms with E-state index in [1.54, 1.807) is 19.1 Å². The van der Waals surface area contributed by atoms with Crippen molar-refractivity contribution in [3.63, 3.8) is 0 Å². The van der Waals surface area contributed by atoms with E-state index >= 15 is 0 Å². The maximum Gasteiger partial charge on any atom is 0.227 e. The number of sulfone groups is 1. The number of amides is 1. The minimum atomic E-state index is -3.00. The Labute approximate surface area is 112 Å². The third-order valence-electron chi connectivity index (χ3n) is 3.25. The lowest BCUT2D eigenvalue weighted by molar-refractivity contribution is -0.130. The summed E-state index contributed by atoms with van der Waals surface area (Å²) in [7, 11) is -3.00. The molecule has 19 heavy (non-hydrogen) atoms. The zero-order chi connectivity index (χ0) is 14.0. The van der Waals surface area contributed by atoms with E-state index in [2.05, 4.69) is 0 Å². The second kappa shape index (κ2) is 5.28. The summed E-state index contributed by atoms with van der Waals surface area (Å²) >= 11 is 0. The Hall–Kier alpha value is -1.43. The minimum absolute atomic E-state index is 0.00484. The van der Waals surface area contributed by atoms with Gasteiger partial charge in [-0.2, -0.15) is 0 Å². The van der Waals surface area contributed by atoms with Crippen LogP contribution in [0.1, 0.15) is 11.1 Å². The molecular formula is C13H16FNO3S. The summed E-state index contributed by atoms with van der Waals surface area (Å²) in [5.41, 5.74) is 1.15. The highest BCUT2D eigenvalue weighted by Gasteiger charge is 2.25. The smallest absolute Gasteiger partial charge is 0.227 e. The highest BCUT2D eigenvalue weighted by atomic mass is 32.2. The van der Waals surface area contributed by atoms with E-state index in [0.29, 0.717) is 5.56 Å². The minimum Gasteiger partial charge on any atom is -0.340 e. The Balaban J connectivity index is 2.02. The molecule has 0 unspecified atom stereocenters. The second-order valence-electron chi connectivity index (χ2n) is 4.80. The van der Waals surface area contributed by atoms with E-state index < -0.39 is 15.7 Å². The molecule has 1 amide bonds. The Morgan fingerprint density at radius 3 is 2.53 bits per heavy atom. The molecule has 1 saturated heterocycles. The lowest BCUT2D eigenvalue weighted by Crippen LogP contribution is -2.44. The Kier molecular flexibility index (Phi) is 3.89. The molecule has 0 radical (unpaired) electrons. The first-order chi connectivity index (χ1) is 8.87. The van der Waals surface area contributed by atoms with Crippen LogP contribution in [0.2, 0.25) is 0 Å². The second-order valence-corrected chi connectivity index (χ2v) is 7.11. The quantitative estimate of drug-likeness (QED) is 0.812. The molecule has 4 nitrogen and oxygen atoms in total. The fourth-order valence-electron chi connectivity index (χ4n) is 2.03. The number of nitrogens with zero attached hydrogens (tertiary/aromatic N) is 1. The third kappa shape index (κ3) is 3.53. The predicted octanol–water partition coefficient (Wildman–Crippen LogP) is 0.934. The summed E-state index contributed by atoms with van der Waals surface area (Å²) < 4.78 is 36.2. The Morgan fingerprint density at radius 1 is 1.32 bits per heavy atom. The van der Waals surface area contributed by atoms with E-state index in [1.807, 2.05) is 0 Å². The van der Waals surface area contributed by atoms with E-state index in [1.165, 1.54) is 11.0 Å². The van der Waals surface area contributed by atoms with Crippen LogP contribution in [0, 0.1) is 12.7 Å². The fraction of sp³-hybridized carbons (Fsp3) is 0.462. The van der Waals surface area contributed by atoms with E-state index in [0.717, 1.165) is 5.56 Å². The molecule has 1 aliphatic rings. The van der Waals surface area contributed by atoms with Gasteiger partial charge in [-0.3, -0.25) is 4.79 Å². The van der Waals surface area contributed by atoms with Gasteiger partial charge in [0.05, 0.1) is 17.9 Å². The van der Waals surface area contributed by atoms with Gasteiger partial charge < -0.3 is 4.90 Å². The van der Waals surface area contributed by atoms with Crippen molar-refractivity contribution in [1.82, 2.24) is 4.90 Å². The average molecular weight is 285 g/mol. The lowest BCUT2D eigenvalue weighted by atomic mass is 10.1. The molecule has 2 rings (SSSR count). The van der Waals surface area contributed by atoms with Crippen molar-refractivity contribution in [3.05, 3.63) is 35.1 Å². The molecule has 1 aliphatic heterocycles. The van der Waals surface area contributed by atoms with Gasteiger partial charge in [0.15, 0.2) is 9.84 Å². The highest BCUT2D eigenvalue weighted by molar-refractivity contribution is 7.91. The van der Waals surface area contributed by atoms with Gasteiger partial charge in [0.1, 0.15) is 5.82 Å². The monoisotopic (exact) mass is 285 g/mol. The molecule has 0 aliphatic carbocycles. The van der Waals surface area contributed by atoms with Crippen LogP contribution in [0.3, 0.4) is 0 Å². The molecule has 0 N–H and O–H groups in total. The van der Waals surface area contributed by atoms with Crippen molar-refractivity contribution < 1.29 is 17.6 Å². The van der Waals surface area contributed by atoms with Crippen molar-refractivity contribution in [2.45, 2.75) is 13.3 Å². The van der Waals surface area contributed by atoms with Crippen LogP contribution in [0.4, 0.5) is 4.39 Å². The van der Waals surface area contributed by atoms with Gasteiger partial charge in [-0.25, -0.2) is 12.8 Å². The summed E-state index contributed by atoms with van der Waals surface area (Å²) in [6, 6.07) is 4.75. The summed E-state index contributed by atoms with van der Waals surface area (Å²) in [6.45, 7) is 2.19. The van der Waals surface area contributed by atoms with Crippen molar-refractivity contribution in [2.75, 3.05) is 24.6 Å². The first-order valence-corrected chi connectivity index (χ1v) is 7.93. The fourth-order valence-corrected chi connectivity index (χ4v) is 3.23. The van der Waals surface area contributed by atoms with Gasteiger partial charge >= 0.3 is 0 Å². The van der Waals surface area contributed by atoms with Crippen molar-refractivity contribution in [2.24, 2.45) is 0 Å². The van der Waals surface area contributed by atoms with Crippen LogP contribution in [-0.4, -0.2) is 43.8 Å². The largest absolute Gasteiger partial charge is 0.340 e. The molecule has 6 heteroatoms. The zero-order valence-corrected chi connectivity index (χ0v) is 11.5. The third-order valence-corrected chi connectivity index (χ3v) is 4.86. The zero-order valence-electron chi connectivity index (χ0n) is 10.7. The average Bonchev–Trinajstić information content (AvgIpc) is 2.32. The molecule has 104 valence electrons. The molecule has 1 heterocycles. The first kappa shape index (κ1) is 14.0. The van der Waals surface area contributed by atoms with Gasteiger partial charge in [-0.15, -0.1) is 0 Å². The number of halogens is 1. The predicted molar refractivity (Wildman–Crippen MR) is 70.1 cm³/mol. The molecule has 0 aromatic heterocycles. The summed E-state index contributed by atoms with van der Waals surface area (Å²) in [4.78, 5) is 13.5. The number of rotatable bonds is 2. The molecule has 0 atom stereocenters. The van der Waals surface area contributed by atoms with Crippen molar-refractivity contribution in [3.8, 4) is 0 Å². The van der Waals surface area contributed by atoms with E-state index in [-0.39, 0.29) is 36.9 Å².